The van der Waals surface area contributed by atoms with Crippen LogP contribution in [0.15, 0.2) is 29.2 Å². The van der Waals surface area contributed by atoms with Crippen molar-refractivity contribution in [2.24, 2.45) is 5.92 Å². The van der Waals surface area contributed by atoms with Gasteiger partial charge in [-0.15, -0.1) is 0 Å². The second kappa shape index (κ2) is 5.76. The third-order valence-corrected chi connectivity index (χ3v) is 5.94. The molecule has 0 aromatic heterocycles. The quantitative estimate of drug-likeness (QED) is 0.831. The Kier molecular flexibility index (Phi) is 3.98. The zero-order valence-electron chi connectivity index (χ0n) is 11.7. The van der Waals surface area contributed by atoms with Crippen LogP contribution in [-0.2, 0) is 14.8 Å². The molecule has 1 aliphatic carbocycles. The smallest absolute Gasteiger partial charge is 0.243 e. The maximum absolute atomic E-state index is 12.8. The molecule has 1 saturated heterocycles. The maximum atomic E-state index is 12.8. The number of hydrogen-bond donors (Lipinski definition) is 0. The summed E-state index contributed by atoms with van der Waals surface area (Å²) in [5.74, 6) is 0.291. The van der Waals surface area contributed by atoms with Crippen LogP contribution in [0.2, 0.25) is 0 Å². The molecule has 0 amide bonds. The summed E-state index contributed by atoms with van der Waals surface area (Å²) in [6, 6.07) is 8.28. The van der Waals surface area contributed by atoms with E-state index in [1.807, 2.05) is 6.07 Å². The number of nitriles is 1. The fourth-order valence-corrected chi connectivity index (χ4v) is 4.39. The summed E-state index contributed by atoms with van der Waals surface area (Å²) in [7, 11) is -3.48. The summed E-state index contributed by atoms with van der Waals surface area (Å²) < 4.78 is 32.6. The van der Waals surface area contributed by atoms with E-state index in [2.05, 4.69) is 0 Å². The van der Waals surface area contributed by atoms with Crippen molar-refractivity contribution in [2.45, 2.75) is 30.2 Å². The monoisotopic (exact) mass is 306 g/mol. The van der Waals surface area contributed by atoms with Crippen molar-refractivity contribution in [1.29, 1.82) is 5.26 Å². The molecule has 1 atom stereocenters. The molecule has 1 aromatic carbocycles. The molecule has 1 aliphatic heterocycles. The van der Waals surface area contributed by atoms with Crippen LogP contribution in [0.25, 0.3) is 0 Å². The average Bonchev–Trinajstić information content (AvgIpc) is 3.20. The first kappa shape index (κ1) is 14.5. The number of benzene rings is 1. The van der Waals surface area contributed by atoms with Gasteiger partial charge in [-0.2, -0.15) is 9.57 Å². The van der Waals surface area contributed by atoms with Gasteiger partial charge in [0.2, 0.25) is 10.0 Å². The fraction of sp³-hybridized carbons (Fsp3) is 0.533. The largest absolute Gasteiger partial charge is 0.381 e. The van der Waals surface area contributed by atoms with Gasteiger partial charge < -0.3 is 4.74 Å². The predicted molar refractivity (Wildman–Crippen MR) is 77.0 cm³/mol. The number of rotatable bonds is 5. The highest BCUT2D eigenvalue weighted by Gasteiger charge is 2.39. The Morgan fingerprint density at radius 3 is 2.48 bits per heavy atom. The van der Waals surface area contributed by atoms with Gasteiger partial charge in [0.05, 0.1) is 23.1 Å². The molecular weight excluding hydrogens is 288 g/mol. The maximum Gasteiger partial charge on any atom is 0.243 e. The zero-order chi connectivity index (χ0) is 14.9. The van der Waals surface area contributed by atoms with Gasteiger partial charge in [0.1, 0.15) is 0 Å². The molecule has 6 heteroatoms. The molecule has 2 aliphatic rings. The molecule has 0 N–H and O–H groups in total. The predicted octanol–water partition coefficient (Wildman–Crippen LogP) is 1.75. The van der Waals surface area contributed by atoms with Crippen LogP contribution in [0, 0.1) is 17.2 Å². The van der Waals surface area contributed by atoms with E-state index in [9.17, 15) is 8.42 Å². The number of hydrogen-bond acceptors (Lipinski definition) is 4. The van der Waals surface area contributed by atoms with Crippen LogP contribution in [-0.4, -0.2) is 38.5 Å². The lowest BCUT2D eigenvalue weighted by atomic mass is 10.1. The van der Waals surface area contributed by atoms with E-state index in [1.54, 1.807) is 16.4 Å². The highest BCUT2D eigenvalue weighted by atomic mass is 32.2. The molecule has 2 fully saturated rings. The Bertz CT molecular complexity index is 638. The minimum absolute atomic E-state index is 0.131. The molecule has 5 nitrogen and oxygen atoms in total. The Morgan fingerprint density at radius 1 is 1.24 bits per heavy atom. The lowest BCUT2D eigenvalue weighted by Crippen LogP contribution is -2.37. The van der Waals surface area contributed by atoms with E-state index >= 15 is 0 Å². The minimum Gasteiger partial charge on any atom is -0.381 e. The van der Waals surface area contributed by atoms with Crippen LogP contribution < -0.4 is 0 Å². The lowest BCUT2D eigenvalue weighted by Gasteiger charge is -2.24. The third-order valence-electron chi connectivity index (χ3n) is 4.01. The molecule has 112 valence electrons. The molecule has 3 rings (SSSR count). The molecule has 21 heavy (non-hydrogen) atoms. The van der Waals surface area contributed by atoms with Crippen molar-refractivity contribution in [3.63, 3.8) is 0 Å². The summed E-state index contributed by atoms with van der Waals surface area (Å²) in [6.45, 7) is 1.90. The molecule has 0 bridgehead atoms. The Morgan fingerprint density at radius 2 is 1.95 bits per heavy atom. The summed E-state index contributed by atoms with van der Waals surface area (Å²) in [6.07, 6.45) is 2.79. The summed E-state index contributed by atoms with van der Waals surface area (Å²) >= 11 is 0. The molecule has 0 spiro atoms. The Labute approximate surface area is 125 Å². The molecule has 0 radical (unpaired) electrons. The SMILES string of the molecule is N#Cc1ccc(S(=O)(=O)N(C[C@H]2CCOC2)C2CC2)cc1. The van der Waals surface area contributed by atoms with Crippen LogP contribution in [0.5, 0.6) is 0 Å². The van der Waals surface area contributed by atoms with Crippen LogP contribution in [0.3, 0.4) is 0 Å². The Hall–Kier alpha value is -1.42. The zero-order valence-corrected chi connectivity index (χ0v) is 12.6. The van der Waals surface area contributed by atoms with Gasteiger partial charge in [-0.3, -0.25) is 0 Å². The van der Waals surface area contributed by atoms with Crippen LogP contribution >= 0.6 is 0 Å². The molecule has 1 aromatic rings. The number of ether oxygens (including phenoxy) is 1. The number of nitrogens with zero attached hydrogens (tertiary/aromatic N) is 2. The van der Waals surface area contributed by atoms with Crippen molar-refractivity contribution in [3.8, 4) is 6.07 Å². The van der Waals surface area contributed by atoms with E-state index in [4.69, 9.17) is 10.00 Å². The fourth-order valence-electron chi connectivity index (χ4n) is 2.62. The molecule has 1 heterocycles. The van der Waals surface area contributed by atoms with Crippen molar-refractivity contribution < 1.29 is 13.2 Å². The van der Waals surface area contributed by atoms with Crippen molar-refractivity contribution in [2.75, 3.05) is 19.8 Å². The van der Waals surface area contributed by atoms with Gasteiger partial charge in [0.25, 0.3) is 0 Å². The summed E-state index contributed by atoms with van der Waals surface area (Å²) in [4.78, 5) is 0.271. The van der Waals surface area contributed by atoms with Crippen molar-refractivity contribution >= 4 is 10.0 Å². The number of sulfonamides is 1. The molecule has 0 unspecified atom stereocenters. The van der Waals surface area contributed by atoms with Crippen LogP contribution in [0.4, 0.5) is 0 Å². The average molecular weight is 306 g/mol. The lowest BCUT2D eigenvalue weighted by molar-refractivity contribution is 0.180. The first-order chi connectivity index (χ1) is 10.1. The van der Waals surface area contributed by atoms with Gasteiger partial charge in [0.15, 0.2) is 0 Å². The van der Waals surface area contributed by atoms with Gasteiger partial charge in [0, 0.05) is 19.2 Å². The van der Waals surface area contributed by atoms with Gasteiger partial charge >= 0.3 is 0 Å². The Balaban J connectivity index is 1.83. The first-order valence-electron chi connectivity index (χ1n) is 7.21. The normalized spacial score (nSPS) is 22.4. The van der Waals surface area contributed by atoms with E-state index in [-0.39, 0.29) is 10.9 Å². The van der Waals surface area contributed by atoms with E-state index in [1.165, 1.54) is 12.1 Å². The van der Waals surface area contributed by atoms with Crippen LogP contribution in [0.1, 0.15) is 24.8 Å². The first-order valence-corrected chi connectivity index (χ1v) is 8.65. The van der Waals surface area contributed by atoms with Gasteiger partial charge in [-0.1, -0.05) is 0 Å². The second-order valence-electron chi connectivity index (χ2n) is 5.67. The summed E-state index contributed by atoms with van der Waals surface area (Å²) in [5, 5.41) is 8.80. The molecular formula is C15H18N2O3S. The van der Waals surface area contributed by atoms with E-state index < -0.39 is 10.0 Å². The molecule has 1 saturated carbocycles. The topological polar surface area (TPSA) is 70.4 Å². The standard InChI is InChI=1S/C15H18N2O3S/c16-9-12-1-5-15(6-2-12)21(18,19)17(14-3-4-14)10-13-7-8-20-11-13/h1-2,5-6,13-14H,3-4,7-8,10-11H2/t13-/m1/s1. The van der Waals surface area contributed by atoms with Crippen molar-refractivity contribution in [3.05, 3.63) is 29.8 Å². The van der Waals surface area contributed by atoms with E-state index in [0.717, 1.165) is 25.9 Å². The highest BCUT2D eigenvalue weighted by Crippen LogP contribution is 2.33. The summed E-state index contributed by atoms with van der Waals surface area (Å²) in [5.41, 5.74) is 0.469. The highest BCUT2D eigenvalue weighted by molar-refractivity contribution is 7.89. The van der Waals surface area contributed by atoms with Crippen molar-refractivity contribution in [1.82, 2.24) is 4.31 Å². The second-order valence-corrected chi connectivity index (χ2v) is 7.56. The minimum atomic E-state index is -3.48. The third kappa shape index (κ3) is 3.10. The van der Waals surface area contributed by atoms with E-state index in [0.29, 0.717) is 24.6 Å². The van der Waals surface area contributed by atoms with Gasteiger partial charge in [-0.25, -0.2) is 8.42 Å². The van der Waals surface area contributed by atoms with Gasteiger partial charge in [-0.05, 0) is 49.4 Å².